The molecule has 0 unspecified atom stereocenters. The van der Waals surface area contributed by atoms with E-state index in [0.717, 1.165) is 12.5 Å². The smallest absolute Gasteiger partial charge is 0.177 e. The lowest BCUT2D eigenvalue weighted by atomic mass is 10.2. The average Bonchev–Trinajstić information content (AvgIpc) is 2.24. The molecule has 0 atom stereocenters. The molecular weight excluding hydrogens is 300 g/mol. The molecule has 6 nitrogen and oxygen atoms in total. The van der Waals surface area contributed by atoms with E-state index in [-0.39, 0.29) is 17.1 Å². The van der Waals surface area contributed by atoms with Crippen LogP contribution in [0.3, 0.4) is 0 Å². The van der Waals surface area contributed by atoms with Crippen LogP contribution in [0.1, 0.15) is 13.8 Å². The SMILES string of the molecule is CC(C)(CNc1cccc(S(C)(=O)=O)c1N)S(C)(=O)=O. The lowest BCUT2D eigenvalue weighted by Gasteiger charge is -2.24. The number of rotatable bonds is 5. The van der Waals surface area contributed by atoms with E-state index in [4.69, 9.17) is 5.73 Å². The van der Waals surface area contributed by atoms with Crippen molar-refractivity contribution in [2.24, 2.45) is 0 Å². The molecule has 1 aromatic rings. The molecule has 0 saturated heterocycles. The molecule has 0 spiro atoms. The van der Waals surface area contributed by atoms with Crippen molar-refractivity contribution in [1.82, 2.24) is 0 Å². The van der Waals surface area contributed by atoms with Crippen molar-refractivity contribution >= 4 is 31.0 Å². The summed E-state index contributed by atoms with van der Waals surface area (Å²) in [5.41, 5.74) is 6.32. The number of nitrogen functional groups attached to an aromatic ring is 1. The Morgan fingerprint density at radius 1 is 1.15 bits per heavy atom. The minimum atomic E-state index is -3.42. The second kappa shape index (κ2) is 5.25. The lowest BCUT2D eigenvalue weighted by Crippen LogP contribution is -2.38. The molecule has 0 heterocycles. The minimum absolute atomic E-state index is 0.0275. The van der Waals surface area contributed by atoms with E-state index in [9.17, 15) is 16.8 Å². The molecule has 1 rings (SSSR count). The molecule has 0 saturated carbocycles. The largest absolute Gasteiger partial charge is 0.396 e. The van der Waals surface area contributed by atoms with E-state index >= 15 is 0 Å². The summed E-state index contributed by atoms with van der Waals surface area (Å²) >= 11 is 0. The standard InChI is InChI=1S/C12H20N2O4S2/c1-12(2,20(4,17)18)8-14-9-6-5-7-10(11(9)13)19(3,15)16/h5-7,14H,8,13H2,1-4H3. The van der Waals surface area contributed by atoms with Gasteiger partial charge in [-0.25, -0.2) is 16.8 Å². The first kappa shape index (κ1) is 16.8. The van der Waals surface area contributed by atoms with Gasteiger partial charge in [0.25, 0.3) is 0 Å². The summed E-state index contributed by atoms with van der Waals surface area (Å²) in [5.74, 6) is 0. The maximum atomic E-state index is 11.6. The van der Waals surface area contributed by atoms with Gasteiger partial charge in [-0.05, 0) is 26.0 Å². The van der Waals surface area contributed by atoms with Crippen LogP contribution in [-0.2, 0) is 19.7 Å². The summed E-state index contributed by atoms with van der Waals surface area (Å²) < 4.78 is 45.4. The predicted molar refractivity (Wildman–Crippen MR) is 81.4 cm³/mol. The van der Waals surface area contributed by atoms with Gasteiger partial charge in [-0.2, -0.15) is 0 Å². The van der Waals surface area contributed by atoms with Gasteiger partial charge in [-0.1, -0.05) is 6.07 Å². The Balaban J connectivity index is 3.08. The van der Waals surface area contributed by atoms with Gasteiger partial charge in [-0.3, -0.25) is 0 Å². The average molecular weight is 320 g/mol. The normalized spacial score (nSPS) is 13.2. The minimum Gasteiger partial charge on any atom is -0.396 e. The highest BCUT2D eigenvalue weighted by molar-refractivity contribution is 7.92. The van der Waals surface area contributed by atoms with Gasteiger partial charge in [0.15, 0.2) is 19.7 Å². The summed E-state index contributed by atoms with van der Waals surface area (Å²) in [7, 11) is -6.67. The zero-order valence-electron chi connectivity index (χ0n) is 12.0. The highest BCUT2D eigenvalue weighted by Crippen LogP contribution is 2.27. The number of para-hydroxylation sites is 1. The molecule has 0 radical (unpaired) electrons. The zero-order valence-corrected chi connectivity index (χ0v) is 13.6. The molecule has 0 aliphatic carbocycles. The van der Waals surface area contributed by atoms with Crippen LogP contribution in [-0.4, -0.2) is 40.6 Å². The van der Waals surface area contributed by atoms with Crippen LogP contribution in [0.2, 0.25) is 0 Å². The van der Waals surface area contributed by atoms with E-state index in [2.05, 4.69) is 5.32 Å². The molecule has 0 aliphatic rings. The molecule has 1 aromatic carbocycles. The molecule has 20 heavy (non-hydrogen) atoms. The fraction of sp³-hybridized carbons (Fsp3) is 0.500. The second-order valence-electron chi connectivity index (χ2n) is 5.37. The van der Waals surface area contributed by atoms with E-state index in [1.807, 2.05) is 0 Å². The maximum absolute atomic E-state index is 11.6. The van der Waals surface area contributed by atoms with Crippen LogP contribution in [0.5, 0.6) is 0 Å². The lowest BCUT2D eigenvalue weighted by molar-refractivity contribution is 0.560. The second-order valence-corrected chi connectivity index (χ2v) is 10.0. The van der Waals surface area contributed by atoms with Crippen molar-refractivity contribution in [3.05, 3.63) is 18.2 Å². The topological polar surface area (TPSA) is 106 Å². The Morgan fingerprint density at radius 3 is 2.15 bits per heavy atom. The number of benzene rings is 1. The Bertz CT molecular complexity index is 707. The van der Waals surface area contributed by atoms with Crippen LogP contribution in [0.4, 0.5) is 11.4 Å². The third kappa shape index (κ3) is 3.63. The van der Waals surface area contributed by atoms with E-state index < -0.39 is 24.4 Å². The van der Waals surface area contributed by atoms with Crippen LogP contribution in [0.25, 0.3) is 0 Å². The van der Waals surface area contributed by atoms with E-state index in [0.29, 0.717) is 5.69 Å². The Morgan fingerprint density at radius 2 is 1.70 bits per heavy atom. The van der Waals surface area contributed by atoms with Gasteiger partial charge in [0, 0.05) is 19.1 Å². The molecule has 0 bridgehead atoms. The summed E-state index contributed by atoms with van der Waals surface area (Å²) in [6.45, 7) is 3.31. The predicted octanol–water partition coefficient (Wildman–Crippen LogP) is 0.907. The van der Waals surface area contributed by atoms with Crippen molar-refractivity contribution in [3.63, 3.8) is 0 Å². The van der Waals surface area contributed by atoms with Gasteiger partial charge >= 0.3 is 0 Å². The van der Waals surface area contributed by atoms with Gasteiger partial charge < -0.3 is 11.1 Å². The van der Waals surface area contributed by atoms with Gasteiger partial charge in [-0.15, -0.1) is 0 Å². The fourth-order valence-electron chi connectivity index (χ4n) is 1.46. The summed E-state index contributed by atoms with van der Waals surface area (Å²) in [6, 6.07) is 4.59. The highest BCUT2D eigenvalue weighted by atomic mass is 32.2. The van der Waals surface area contributed by atoms with Gasteiger partial charge in [0.2, 0.25) is 0 Å². The molecule has 3 N–H and O–H groups in total. The van der Waals surface area contributed by atoms with Crippen LogP contribution < -0.4 is 11.1 Å². The quantitative estimate of drug-likeness (QED) is 0.781. The molecule has 0 aliphatic heterocycles. The number of hydrogen-bond acceptors (Lipinski definition) is 6. The molecule has 0 fully saturated rings. The maximum Gasteiger partial charge on any atom is 0.177 e. The number of hydrogen-bond donors (Lipinski definition) is 2. The number of sulfone groups is 2. The van der Waals surface area contributed by atoms with Gasteiger partial charge in [0.1, 0.15) is 0 Å². The summed E-state index contributed by atoms with van der Waals surface area (Å²) in [4.78, 5) is 0.0275. The van der Waals surface area contributed by atoms with Crippen molar-refractivity contribution in [3.8, 4) is 0 Å². The first-order valence-electron chi connectivity index (χ1n) is 5.88. The number of anilines is 2. The van der Waals surface area contributed by atoms with Crippen LogP contribution in [0, 0.1) is 0 Å². The molecule has 0 amide bonds. The highest BCUT2D eigenvalue weighted by Gasteiger charge is 2.30. The number of nitrogens with two attached hydrogens (primary N) is 1. The Labute approximate surface area is 120 Å². The monoisotopic (exact) mass is 320 g/mol. The van der Waals surface area contributed by atoms with Crippen LogP contribution in [0.15, 0.2) is 23.1 Å². The van der Waals surface area contributed by atoms with Crippen molar-refractivity contribution in [2.75, 3.05) is 30.1 Å². The van der Waals surface area contributed by atoms with E-state index in [1.54, 1.807) is 26.0 Å². The summed E-state index contributed by atoms with van der Waals surface area (Å²) in [6.07, 6.45) is 2.23. The molecule has 114 valence electrons. The molecular formula is C12H20N2O4S2. The summed E-state index contributed by atoms with van der Waals surface area (Å²) in [5, 5.41) is 2.90. The zero-order chi connectivity index (χ0) is 15.8. The third-order valence-electron chi connectivity index (χ3n) is 3.17. The van der Waals surface area contributed by atoms with Crippen molar-refractivity contribution in [1.29, 1.82) is 0 Å². The first-order valence-corrected chi connectivity index (χ1v) is 9.66. The van der Waals surface area contributed by atoms with E-state index in [1.165, 1.54) is 6.07 Å². The van der Waals surface area contributed by atoms with Gasteiger partial charge in [0.05, 0.1) is 21.0 Å². The first-order chi connectivity index (χ1) is 8.86. The van der Waals surface area contributed by atoms with Crippen molar-refractivity contribution in [2.45, 2.75) is 23.5 Å². The fourth-order valence-corrected chi connectivity index (χ4v) is 2.63. The Hall–Kier alpha value is -1.28. The number of nitrogens with one attached hydrogen (secondary N) is 1. The molecule has 8 heteroatoms. The van der Waals surface area contributed by atoms with Crippen molar-refractivity contribution < 1.29 is 16.8 Å². The third-order valence-corrected chi connectivity index (χ3v) is 6.48. The van der Waals surface area contributed by atoms with Crippen LogP contribution >= 0.6 is 0 Å². The molecule has 0 aromatic heterocycles. The Kier molecular flexibility index (Phi) is 4.40.